The van der Waals surface area contributed by atoms with Gasteiger partial charge in [-0.05, 0) is 56.0 Å². The minimum absolute atomic E-state index is 0.0710. The van der Waals surface area contributed by atoms with Crippen LogP contribution >= 0.6 is 0 Å². The molecule has 1 aliphatic rings. The molecule has 0 fully saturated rings. The minimum atomic E-state index is 0.0710. The van der Waals surface area contributed by atoms with E-state index in [2.05, 4.69) is 10.2 Å². The van der Waals surface area contributed by atoms with E-state index in [0.29, 0.717) is 12.3 Å². The molecule has 1 aromatic rings. The quantitative estimate of drug-likeness (QED) is 0.867. The Hall–Kier alpha value is -1.55. The van der Waals surface area contributed by atoms with Crippen molar-refractivity contribution in [3.63, 3.8) is 0 Å². The van der Waals surface area contributed by atoms with Crippen molar-refractivity contribution in [3.05, 3.63) is 29.3 Å². The summed E-state index contributed by atoms with van der Waals surface area (Å²) in [5.74, 6) is 0.376. The van der Waals surface area contributed by atoms with Gasteiger partial charge in [0.1, 0.15) is 5.75 Å². The first kappa shape index (κ1) is 14.9. The zero-order valence-electron chi connectivity index (χ0n) is 12.4. The molecule has 0 heterocycles. The van der Waals surface area contributed by atoms with Crippen molar-refractivity contribution in [2.45, 2.75) is 38.6 Å². The van der Waals surface area contributed by atoms with E-state index in [4.69, 9.17) is 0 Å². The monoisotopic (exact) mass is 276 g/mol. The number of hydrogen-bond donors (Lipinski definition) is 2. The van der Waals surface area contributed by atoms with E-state index in [1.807, 2.05) is 26.1 Å². The minimum Gasteiger partial charge on any atom is -0.508 e. The molecule has 0 aliphatic heterocycles. The Labute approximate surface area is 120 Å². The number of rotatable bonds is 5. The topological polar surface area (TPSA) is 52.6 Å². The molecule has 0 saturated heterocycles. The highest BCUT2D eigenvalue weighted by Gasteiger charge is 2.25. The Kier molecular flexibility index (Phi) is 5.01. The van der Waals surface area contributed by atoms with Crippen molar-refractivity contribution >= 4 is 5.91 Å². The van der Waals surface area contributed by atoms with Crippen LogP contribution in [0.25, 0.3) is 0 Å². The largest absolute Gasteiger partial charge is 0.508 e. The summed E-state index contributed by atoms with van der Waals surface area (Å²) in [6.45, 7) is 3.18. The molecule has 2 rings (SSSR count). The van der Waals surface area contributed by atoms with E-state index in [1.165, 1.54) is 11.1 Å². The lowest BCUT2D eigenvalue weighted by atomic mass is 9.87. The number of nitrogens with zero attached hydrogens (tertiary/aromatic N) is 1. The zero-order chi connectivity index (χ0) is 14.5. The Morgan fingerprint density at radius 1 is 1.50 bits per heavy atom. The molecule has 0 aromatic heterocycles. The van der Waals surface area contributed by atoms with Crippen LogP contribution in [0.15, 0.2) is 18.2 Å². The number of benzene rings is 1. The van der Waals surface area contributed by atoms with Gasteiger partial charge < -0.3 is 10.4 Å². The number of phenolic OH excluding ortho intramolecular Hbond substituents is 1. The first-order valence-corrected chi connectivity index (χ1v) is 7.40. The summed E-state index contributed by atoms with van der Waals surface area (Å²) in [6, 6.07) is 5.81. The second-order valence-corrected chi connectivity index (χ2v) is 5.56. The second kappa shape index (κ2) is 6.75. The van der Waals surface area contributed by atoms with Crippen LogP contribution in [0.2, 0.25) is 0 Å². The molecular weight excluding hydrogens is 252 g/mol. The zero-order valence-corrected chi connectivity index (χ0v) is 12.4. The molecule has 2 N–H and O–H groups in total. The first-order valence-electron chi connectivity index (χ1n) is 7.40. The molecule has 0 spiro atoms. The van der Waals surface area contributed by atoms with Crippen LogP contribution < -0.4 is 5.32 Å². The van der Waals surface area contributed by atoms with Gasteiger partial charge in [0, 0.05) is 12.6 Å². The summed E-state index contributed by atoms with van der Waals surface area (Å²) in [6.07, 6.45) is 4.18. The molecule has 4 heteroatoms. The van der Waals surface area contributed by atoms with Crippen LogP contribution in [0.1, 0.15) is 43.4 Å². The van der Waals surface area contributed by atoms with Gasteiger partial charge in [-0.3, -0.25) is 9.69 Å². The molecule has 1 unspecified atom stereocenters. The van der Waals surface area contributed by atoms with Crippen molar-refractivity contribution in [2.24, 2.45) is 0 Å². The smallest absolute Gasteiger partial charge is 0.234 e. The van der Waals surface area contributed by atoms with Crippen LogP contribution in [-0.4, -0.2) is 36.1 Å². The van der Waals surface area contributed by atoms with Crippen molar-refractivity contribution < 1.29 is 9.90 Å². The number of carbonyl (C=O) groups is 1. The lowest BCUT2D eigenvalue weighted by Gasteiger charge is -2.33. The molecule has 4 nitrogen and oxygen atoms in total. The number of likely N-dealkylation sites (N-methyl/N-ethyl adjacent to an activating group) is 1. The van der Waals surface area contributed by atoms with Crippen LogP contribution in [0, 0.1) is 0 Å². The number of phenols is 1. The molecule has 110 valence electrons. The maximum absolute atomic E-state index is 11.8. The van der Waals surface area contributed by atoms with Gasteiger partial charge in [0.15, 0.2) is 0 Å². The molecular formula is C16H24N2O2. The van der Waals surface area contributed by atoms with Gasteiger partial charge in [0.05, 0.1) is 6.54 Å². The summed E-state index contributed by atoms with van der Waals surface area (Å²) in [7, 11) is 1.98. The second-order valence-electron chi connectivity index (χ2n) is 5.56. The van der Waals surface area contributed by atoms with Crippen LogP contribution in [0.5, 0.6) is 5.75 Å². The van der Waals surface area contributed by atoms with Crippen molar-refractivity contribution in [1.82, 2.24) is 10.2 Å². The number of hydrogen-bond acceptors (Lipinski definition) is 3. The van der Waals surface area contributed by atoms with Crippen molar-refractivity contribution in [3.8, 4) is 5.75 Å². The molecule has 1 atom stereocenters. The van der Waals surface area contributed by atoms with E-state index >= 15 is 0 Å². The standard InChI is InChI=1S/C16H24N2O2/c1-3-9-17-16(20)11-18(2)15-6-4-5-12-7-8-13(19)10-14(12)15/h7-8,10,15,19H,3-6,9,11H2,1-2H3,(H,17,20). The van der Waals surface area contributed by atoms with Gasteiger partial charge in [-0.1, -0.05) is 13.0 Å². The van der Waals surface area contributed by atoms with E-state index in [-0.39, 0.29) is 11.9 Å². The van der Waals surface area contributed by atoms with Crippen molar-refractivity contribution in [2.75, 3.05) is 20.1 Å². The summed E-state index contributed by atoms with van der Waals surface area (Å²) >= 11 is 0. The number of aryl methyl sites for hydroxylation is 1. The average molecular weight is 276 g/mol. The predicted octanol–water partition coefficient (Wildman–Crippen LogP) is 2.23. The van der Waals surface area contributed by atoms with Gasteiger partial charge in [0.2, 0.25) is 5.91 Å². The fourth-order valence-corrected chi connectivity index (χ4v) is 2.88. The summed E-state index contributed by atoms with van der Waals surface area (Å²) < 4.78 is 0. The summed E-state index contributed by atoms with van der Waals surface area (Å²) in [5.41, 5.74) is 2.46. The number of aromatic hydroxyl groups is 1. The molecule has 20 heavy (non-hydrogen) atoms. The van der Waals surface area contributed by atoms with E-state index < -0.39 is 0 Å². The maximum atomic E-state index is 11.8. The van der Waals surface area contributed by atoms with Crippen LogP contribution in [0.4, 0.5) is 0 Å². The normalized spacial score (nSPS) is 17.9. The van der Waals surface area contributed by atoms with Gasteiger partial charge in [-0.2, -0.15) is 0 Å². The van der Waals surface area contributed by atoms with Gasteiger partial charge in [0.25, 0.3) is 0 Å². The van der Waals surface area contributed by atoms with Crippen LogP contribution in [-0.2, 0) is 11.2 Å². The Morgan fingerprint density at radius 2 is 2.30 bits per heavy atom. The molecule has 1 aliphatic carbocycles. The maximum Gasteiger partial charge on any atom is 0.234 e. The Balaban J connectivity index is 2.06. The highest BCUT2D eigenvalue weighted by molar-refractivity contribution is 5.78. The number of fused-ring (bicyclic) bond motifs is 1. The van der Waals surface area contributed by atoms with E-state index in [0.717, 1.165) is 32.2 Å². The third-order valence-corrected chi connectivity index (χ3v) is 3.91. The molecule has 1 amide bonds. The molecule has 0 saturated carbocycles. The van der Waals surface area contributed by atoms with Gasteiger partial charge in [-0.25, -0.2) is 0 Å². The van der Waals surface area contributed by atoms with Gasteiger partial charge >= 0.3 is 0 Å². The van der Waals surface area contributed by atoms with Crippen molar-refractivity contribution in [1.29, 1.82) is 0 Å². The van der Waals surface area contributed by atoms with Gasteiger partial charge in [-0.15, -0.1) is 0 Å². The molecule has 1 aromatic carbocycles. The average Bonchev–Trinajstić information content (AvgIpc) is 2.44. The predicted molar refractivity (Wildman–Crippen MR) is 79.7 cm³/mol. The third-order valence-electron chi connectivity index (χ3n) is 3.91. The van der Waals surface area contributed by atoms with E-state index in [9.17, 15) is 9.90 Å². The number of carbonyl (C=O) groups excluding carboxylic acids is 1. The van der Waals surface area contributed by atoms with Crippen LogP contribution in [0.3, 0.4) is 0 Å². The number of amides is 1. The lowest BCUT2D eigenvalue weighted by molar-refractivity contribution is -0.122. The summed E-state index contributed by atoms with van der Waals surface area (Å²) in [4.78, 5) is 13.9. The fourth-order valence-electron chi connectivity index (χ4n) is 2.88. The first-order chi connectivity index (χ1) is 9.61. The highest BCUT2D eigenvalue weighted by atomic mass is 16.3. The number of nitrogens with one attached hydrogen (secondary N) is 1. The lowest BCUT2D eigenvalue weighted by Crippen LogP contribution is -2.38. The molecule has 0 radical (unpaired) electrons. The Bertz CT molecular complexity index is 474. The Morgan fingerprint density at radius 3 is 3.05 bits per heavy atom. The van der Waals surface area contributed by atoms with E-state index in [1.54, 1.807) is 6.07 Å². The fraction of sp³-hybridized carbons (Fsp3) is 0.562. The third kappa shape index (κ3) is 3.51. The summed E-state index contributed by atoms with van der Waals surface area (Å²) in [5, 5.41) is 12.6. The molecule has 0 bridgehead atoms. The SMILES string of the molecule is CCCNC(=O)CN(C)C1CCCc2ccc(O)cc21. The highest BCUT2D eigenvalue weighted by Crippen LogP contribution is 2.35.